The van der Waals surface area contributed by atoms with E-state index in [0.29, 0.717) is 25.1 Å². The van der Waals surface area contributed by atoms with Crippen LogP contribution >= 0.6 is 23.2 Å². The van der Waals surface area contributed by atoms with Crippen LogP contribution in [0.2, 0.25) is 10.0 Å². The Kier molecular flexibility index (Phi) is 10.2. The summed E-state index contributed by atoms with van der Waals surface area (Å²) in [6, 6.07) is 7.50. The number of halogens is 4. The van der Waals surface area contributed by atoms with E-state index in [4.69, 9.17) is 23.2 Å². The van der Waals surface area contributed by atoms with Crippen molar-refractivity contribution in [2.75, 3.05) is 24.2 Å². The summed E-state index contributed by atoms with van der Waals surface area (Å²) in [5.74, 6) is -3.33. The Morgan fingerprint density at radius 2 is 1.91 bits per heavy atom. The van der Waals surface area contributed by atoms with Crippen molar-refractivity contribution in [3.63, 3.8) is 0 Å². The van der Waals surface area contributed by atoms with E-state index in [1.807, 2.05) is 0 Å². The highest BCUT2D eigenvalue weighted by molar-refractivity contribution is 7.89. The number of carbonyl (C=O) groups excluding carboxylic acids is 1. The number of benzene rings is 2. The summed E-state index contributed by atoms with van der Waals surface area (Å²) in [6.45, 7) is 0.763. The number of rotatable bonds is 9. The number of carboxylic acid groups (broad SMARTS) is 1. The first-order valence-corrected chi connectivity index (χ1v) is 16.7. The Labute approximate surface area is 269 Å². The zero-order chi connectivity index (χ0) is 32.3. The van der Waals surface area contributed by atoms with Gasteiger partial charge in [0.1, 0.15) is 17.7 Å². The van der Waals surface area contributed by atoms with Crippen LogP contribution in [0.25, 0.3) is 0 Å². The molecule has 15 heteroatoms. The molecule has 1 aromatic heterocycles. The maximum absolute atomic E-state index is 15.3. The van der Waals surface area contributed by atoms with Crippen LogP contribution in [0, 0.1) is 11.6 Å². The van der Waals surface area contributed by atoms with Gasteiger partial charge in [0, 0.05) is 54.7 Å². The van der Waals surface area contributed by atoms with Gasteiger partial charge in [-0.25, -0.2) is 22.0 Å². The van der Waals surface area contributed by atoms with Crippen LogP contribution in [0.3, 0.4) is 0 Å². The number of amides is 2. The molecule has 3 aromatic rings. The van der Waals surface area contributed by atoms with Crippen LogP contribution in [-0.2, 0) is 21.2 Å². The van der Waals surface area contributed by atoms with Gasteiger partial charge >= 0.3 is 6.09 Å². The summed E-state index contributed by atoms with van der Waals surface area (Å²) in [6.07, 6.45) is 2.88. The number of anilines is 1. The fraction of sp³-hybridized carbons (Fsp3) is 0.367. The first-order valence-electron chi connectivity index (χ1n) is 14.3. The van der Waals surface area contributed by atoms with E-state index >= 15 is 4.39 Å². The molecular formula is C30H31Cl2F2N5O5S. The first-order chi connectivity index (χ1) is 21.4. The molecule has 2 saturated heterocycles. The zero-order valence-corrected chi connectivity index (χ0v) is 26.2. The molecule has 45 heavy (non-hydrogen) atoms. The third-order valence-electron chi connectivity index (χ3n) is 8.15. The molecule has 0 radical (unpaired) electrons. The molecule has 2 aliphatic heterocycles. The number of nitrogens with one attached hydrogen (secondary N) is 3. The van der Waals surface area contributed by atoms with Gasteiger partial charge in [-0.1, -0.05) is 35.3 Å². The molecule has 10 nitrogen and oxygen atoms in total. The largest absolute Gasteiger partial charge is 0.465 e. The monoisotopic (exact) mass is 681 g/mol. The number of piperazine rings is 1. The number of carbonyl (C=O) groups is 2. The number of hydrogen-bond donors (Lipinski definition) is 4. The summed E-state index contributed by atoms with van der Waals surface area (Å²) in [7, 11) is -3.46. The van der Waals surface area contributed by atoms with E-state index in [-0.39, 0.29) is 51.5 Å². The van der Waals surface area contributed by atoms with Gasteiger partial charge in [-0.05, 0) is 67.1 Å². The van der Waals surface area contributed by atoms with Gasteiger partial charge in [-0.3, -0.25) is 9.78 Å². The van der Waals surface area contributed by atoms with Gasteiger partial charge in [0.25, 0.3) is 0 Å². The minimum atomic E-state index is -3.46. The Hall–Kier alpha value is -3.36. The quantitative estimate of drug-likeness (QED) is 0.255. The lowest BCUT2D eigenvalue weighted by Crippen LogP contribution is -2.57. The molecule has 2 bridgehead atoms. The zero-order valence-electron chi connectivity index (χ0n) is 23.9. The van der Waals surface area contributed by atoms with Crippen molar-refractivity contribution in [1.29, 1.82) is 0 Å². The van der Waals surface area contributed by atoms with Crippen molar-refractivity contribution in [1.82, 2.24) is 19.9 Å². The lowest BCUT2D eigenvalue weighted by Gasteiger charge is -2.37. The molecule has 0 spiro atoms. The van der Waals surface area contributed by atoms with Gasteiger partial charge in [0.2, 0.25) is 15.9 Å². The highest BCUT2D eigenvalue weighted by Crippen LogP contribution is 2.33. The molecule has 0 aliphatic carbocycles. The maximum Gasteiger partial charge on any atom is 0.405 e. The van der Waals surface area contributed by atoms with Crippen molar-refractivity contribution in [3.8, 4) is 0 Å². The van der Waals surface area contributed by atoms with E-state index in [1.54, 1.807) is 0 Å². The molecular weight excluding hydrogens is 651 g/mol. The first kappa shape index (κ1) is 33.0. The third-order valence-corrected chi connectivity index (χ3v) is 10.6. The maximum atomic E-state index is 15.3. The van der Waals surface area contributed by atoms with Crippen LogP contribution < -0.4 is 16.0 Å². The number of pyridine rings is 1. The average Bonchev–Trinajstić information content (AvgIpc) is 3.10. The minimum absolute atomic E-state index is 0.0570. The van der Waals surface area contributed by atoms with E-state index in [0.717, 1.165) is 12.5 Å². The molecule has 2 aliphatic rings. The molecule has 240 valence electrons. The van der Waals surface area contributed by atoms with Crippen LogP contribution in [0.4, 0.5) is 19.3 Å². The van der Waals surface area contributed by atoms with Gasteiger partial charge < -0.3 is 21.1 Å². The molecule has 5 atom stereocenters. The highest BCUT2D eigenvalue weighted by Gasteiger charge is 2.38. The molecule has 5 rings (SSSR count). The van der Waals surface area contributed by atoms with Gasteiger partial charge in [0.15, 0.2) is 0 Å². The Morgan fingerprint density at radius 1 is 1.11 bits per heavy atom. The number of fused-ring (bicyclic) bond motifs is 2. The highest BCUT2D eigenvalue weighted by atomic mass is 35.5. The minimum Gasteiger partial charge on any atom is -0.465 e. The molecule has 0 saturated carbocycles. The normalized spacial score (nSPS) is 22.1. The topological polar surface area (TPSA) is 141 Å². The summed E-state index contributed by atoms with van der Waals surface area (Å²) in [5.41, 5.74) is 0.728. The number of aromatic nitrogens is 1. The second kappa shape index (κ2) is 14.0. The predicted molar refractivity (Wildman–Crippen MR) is 166 cm³/mol. The standard InChI is InChI=1S/C30H31Cl2F2N5O5S/c31-19-11-18(13-35-14-19)27(17-6-9-23(32)25(34)12-17)28(38-30(41)42)29(40)37-26-5-1-4-24(33)22(26)8-7-21-15-36-20-3-2-10-45(43,44)39(21)16-20/h1,4-6,9,11-14,20-21,27-28,36,38H,2-3,7-8,10,15-16H2,(H,37,40)(H,41,42)/t20?,21?,27-,28-/m0/s1. The Balaban J connectivity index is 1.44. The van der Waals surface area contributed by atoms with Crippen molar-refractivity contribution in [2.24, 2.45) is 0 Å². The van der Waals surface area contributed by atoms with Gasteiger partial charge in [0.05, 0.1) is 15.8 Å². The summed E-state index contributed by atoms with van der Waals surface area (Å²) < 4.78 is 57.2. The van der Waals surface area contributed by atoms with E-state index < -0.39 is 51.7 Å². The lowest BCUT2D eigenvalue weighted by molar-refractivity contribution is -0.118. The van der Waals surface area contributed by atoms with Crippen LogP contribution in [0.15, 0.2) is 54.9 Å². The molecule has 3 unspecified atom stereocenters. The van der Waals surface area contributed by atoms with Crippen LogP contribution in [0.5, 0.6) is 0 Å². The number of sulfonamides is 1. The summed E-state index contributed by atoms with van der Waals surface area (Å²) in [4.78, 5) is 29.9. The van der Waals surface area contributed by atoms with Crippen LogP contribution in [-0.4, -0.2) is 71.8 Å². The predicted octanol–water partition coefficient (Wildman–Crippen LogP) is 4.77. The average molecular weight is 683 g/mol. The smallest absolute Gasteiger partial charge is 0.405 e. The fourth-order valence-electron chi connectivity index (χ4n) is 6.01. The molecule has 2 amide bonds. The van der Waals surface area contributed by atoms with Gasteiger partial charge in [-0.2, -0.15) is 4.31 Å². The van der Waals surface area contributed by atoms with Crippen LogP contribution in [0.1, 0.15) is 41.9 Å². The van der Waals surface area contributed by atoms with Crippen molar-refractivity contribution < 1.29 is 31.9 Å². The lowest BCUT2D eigenvalue weighted by atomic mass is 9.85. The van der Waals surface area contributed by atoms with E-state index in [2.05, 4.69) is 20.9 Å². The van der Waals surface area contributed by atoms with Crippen molar-refractivity contribution >= 4 is 50.9 Å². The third kappa shape index (κ3) is 7.72. The van der Waals surface area contributed by atoms with E-state index in [1.165, 1.54) is 53.1 Å². The number of nitrogens with zero attached hydrogens (tertiary/aromatic N) is 2. The Morgan fingerprint density at radius 3 is 2.64 bits per heavy atom. The van der Waals surface area contributed by atoms with Crippen molar-refractivity contribution in [3.05, 3.63) is 93.2 Å². The molecule has 3 heterocycles. The van der Waals surface area contributed by atoms with Gasteiger partial charge in [-0.15, -0.1) is 0 Å². The summed E-state index contributed by atoms with van der Waals surface area (Å²) in [5, 5.41) is 18.0. The Bertz CT molecular complexity index is 1700. The molecule has 2 fully saturated rings. The number of hydrogen-bond acceptors (Lipinski definition) is 6. The second-order valence-electron chi connectivity index (χ2n) is 11.1. The van der Waals surface area contributed by atoms with E-state index in [9.17, 15) is 27.5 Å². The SMILES string of the molecule is O=C(O)N[C@H](C(=O)Nc1cccc(F)c1CCC1CNC2CCCS(=O)(=O)N1C2)[C@H](c1cncc(Cl)c1)c1ccc(Cl)c(F)c1. The second-order valence-corrected chi connectivity index (χ2v) is 14.0. The fourth-order valence-corrected chi connectivity index (χ4v) is 8.12. The molecule has 2 aromatic carbocycles. The van der Waals surface area contributed by atoms with Crippen molar-refractivity contribution in [2.45, 2.75) is 49.7 Å². The molecule has 4 N–H and O–H groups in total. The summed E-state index contributed by atoms with van der Waals surface area (Å²) >= 11 is 12.1.